The molecular weight excluding hydrogens is 236 g/mol. The minimum atomic E-state index is -0.225. The van der Waals surface area contributed by atoms with E-state index < -0.39 is 0 Å². The van der Waals surface area contributed by atoms with Gasteiger partial charge >= 0.3 is 0 Å². The van der Waals surface area contributed by atoms with Crippen LogP contribution in [0.3, 0.4) is 0 Å². The number of fused-ring (bicyclic) bond motifs is 1. The summed E-state index contributed by atoms with van der Waals surface area (Å²) in [7, 11) is 0. The minimum absolute atomic E-state index is 0.225. The maximum absolute atomic E-state index is 12.9. The Hall–Kier alpha value is -1.35. The first-order valence-corrected chi connectivity index (χ1v) is 7.31. The molecule has 102 valence electrons. The SMILES string of the molecule is CC1(C(=O)N2CCCCc3ccccc32)CCNC1. The standard InChI is InChI=1S/C16H22N2O/c1-16(9-10-17-12-16)15(19)18-11-5-4-7-13-6-2-3-8-14(13)18/h2-3,6,8,17H,4-5,7,9-12H2,1H3. The number of nitrogens with zero attached hydrogens (tertiary/aromatic N) is 1. The predicted octanol–water partition coefficient (Wildman–Crippen LogP) is 2.36. The summed E-state index contributed by atoms with van der Waals surface area (Å²) in [6.07, 6.45) is 4.32. The molecule has 1 saturated heterocycles. The quantitative estimate of drug-likeness (QED) is 0.838. The molecule has 3 rings (SSSR count). The first-order valence-electron chi connectivity index (χ1n) is 7.31. The second-order valence-corrected chi connectivity index (χ2v) is 6.03. The zero-order valence-electron chi connectivity index (χ0n) is 11.6. The highest BCUT2D eigenvalue weighted by Crippen LogP contribution is 2.33. The fourth-order valence-corrected chi connectivity index (χ4v) is 3.23. The van der Waals surface area contributed by atoms with Crippen molar-refractivity contribution in [1.29, 1.82) is 0 Å². The number of hydrogen-bond acceptors (Lipinski definition) is 2. The van der Waals surface area contributed by atoms with Crippen molar-refractivity contribution in [2.24, 2.45) is 5.41 Å². The predicted molar refractivity (Wildman–Crippen MR) is 77.3 cm³/mol. The third-order valence-corrected chi connectivity index (χ3v) is 4.49. The van der Waals surface area contributed by atoms with Crippen LogP contribution in [0.4, 0.5) is 5.69 Å². The van der Waals surface area contributed by atoms with E-state index in [4.69, 9.17) is 0 Å². The monoisotopic (exact) mass is 258 g/mol. The molecule has 1 aromatic carbocycles. The van der Waals surface area contributed by atoms with Crippen LogP contribution in [0.1, 0.15) is 31.7 Å². The van der Waals surface area contributed by atoms with Gasteiger partial charge < -0.3 is 10.2 Å². The van der Waals surface area contributed by atoms with Crippen LogP contribution in [0.5, 0.6) is 0 Å². The van der Waals surface area contributed by atoms with E-state index in [1.54, 1.807) is 0 Å². The number of hydrogen-bond donors (Lipinski definition) is 1. The lowest BCUT2D eigenvalue weighted by Crippen LogP contribution is -2.44. The van der Waals surface area contributed by atoms with E-state index in [2.05, 4.69) is 30.4 Å². The normalized spacial score (nSPS) is 26.9. The summed E-state index contributed by atoms with van der Waals surface area (Å²) in [6.45, 7) is 4.73. The highest BCUT2D eigenvalue weighted by atomic mass is 16.2. The number of carbonyl (C=O) groups is 1. The summed E-state index contributed by atoms with van der Waals surface area (Å²) in [6, 6.07) is 8.38. The van der Waals surface area contributed by atoms with Gasteiger partial charge in [-0.2, -0.15) is 0 Å². The summed E-state index contributed by atoms with van der Waals surface area (Å²) in [5.74, 6) is 0.298. The smallest absolute Gasteiger partial charge is 0.234 e. The fraction of sp³-hybridized carbons (Fsp3) is 0.562. The van der Waals surface area contributed by atoms with E-state index in [1.165, 1.54) is 12.0 Å². The number of aryl methyl sites for hydroxylation is 1. The largest absolute Gasteiger partial charge is 0.316 e. The molecule has 2 aliphatic heterocycles. The second kappa shape index (κ2) is 4.97. The number of carbonyl (C=O) groups excluding carboxylic acids is 1. The van der Waals surface area contributed by atoms with E-state index >= 15 is 0 Å². The molecule has 1 N–H and O–H groups in total. The second-order valence-electron chi connectivity index (χ2n) is 6.03. The van der Waals surface area contributed by atoms with Gasteiger partial charge in [-0.3, -0.25) is 4.79 Å². The highest BCUT2D eigenvalue weighted by molar-refractivity contribution is 5.98. The van der Waals surface area contributed by atoms with E-state index in [0.29, 0.717) is 5.91 Å². The Balaban J connectivity index is 1.94. The molecule has 0 spiro atoms. The average molecular weight is 258 g/mol. The van der Waals surface area contributed by atoms with Gasteiger partial charge in [-0.1, -0.05) is 18.2 Å². The zero-order valence-corrected chi connectivity index (χ0v) is 11.6. The van der Waals surface area contributed by atoms with Crippen LogP contribution < -0.4 is 10.2 Å². The number of anilines is 1. The van der Waals surface area contributed by atoms with Gasteiger partial charge in [-0.05, 0) is 50.8 Å². The molecule has 3 heteroatoms. The van der Waals surface area contributed by atoms with Crippen molar-refractivity contribution in [1.82, 2.24) is 5.32 Å². The average Bonchev–Trinajstić information content (AvgIpc) is 2.76. The van der Waals surface area contributed by atoms with Crippen molar-refractivity contribution >= 4 is 11.6 Å². The van der Waals surface area contributed by atoms with Crippen LogP contribution in [0, 0.1) is 5.41 Å². The van der Waals surface area contributed by atoms with Crippen molar-refractivity contribution in [3.8, 4) is 0 Å². The van der Waals surface area contributed by atoms with Gasteiger partial charge in [0.25, 0.3) is 0 Å². The summed E-state index contributed by atoms with van der Waals surface area (Å²) in [4.78, 5) is 15.0. The van der Waals surface area contributed by atoms with Gasteiger partial charge in [0.05, 0.1) is 5.41 Å². The van der Waals surface area contributed by atoms with Gasteiger partial charge in [-0.25, -0.2) is 0 Å². The van der Waals surface area contributed by atoms with Crippen LogP contribution in [-0.2, 0) is 11.2 Å². The van der Waals surface area contributed by atoms with Gasteiger partial charge in [0, 0.05) is 18.8 Å². The minimum Gasteiger partial charge on any atom is -0.316 e. The van der Waals surface area contributed by atoms with Crippen LogP contribution in [-0.4, -0.2) is 25.5 Å². The molecule has 0 aliphatic carbocycles. The third-order valence-electron chi connectivity index (χ3n) is 4.49. The Morgan fingerprint density at radius 1 is 1.32 bits per heavy atom. The maximum Gasteiger partial charge on any atom is 0.234 e. The zero-order chi connectivity index (χ0) is 13.3. The number of rotatable bonds is 1. The topological polar surface area (TPSA) is 32.3 Å². The third kappa shape index (κ3) is 2.27. The number of nitrogens with one attached hydrogen (secondary N) is 1. The molecule has 0 bridgehead atoms. The Morgan fingerprint density at radius 3 is 2.95 bits per heavy atom. The van der Waals surface area contributed by atoms with Crippen molar-refractivity contribution in [3.63, 3.8) is 0 Å². The van der Waals surface area contributed by atoms with Crippen LogP contribution >= 0.6 is 0 Å². The molecule has 0 aromatic heterocycles. The van der Waals surface area contributed by atoms with E-state index in [-0.39, 0.29) is 5.41 Å². The summed E-state index contributed by atoms with van der Waals surface area (Å²) < 4.78 is 0. The molecule has 19 heavy (non-hydrogen) atoms. The van der Waals surface area contributed by atoms with Gasteiger partial charge in [0.15, 0.2) is 0 Å². The molecule has 3 nitrogen and oxygen atoms in total. The molecule has 1 amide bonds. The van der Waals surface area contributed by atoms with E-state index in [1.807, 2.05) is 11.0 Å². The maximum atomic E-state index is 12.9. The van der Waals surface area contributed by atoms with Crippen LogP contribution in [0.15, 0.2) is 24.3 Å². The first kappa shape index (κ1) is 12.7. The summed E-state index contributed by atoms with van der Waals surface area (Å²) in [5.41, 5.74) is 2.23. The molecule has 0 radical (unpaired) electrons. The lowest BCUT2D eigenvalue weighted by molar-refractivity contribution is -0.126. The van der Waals surface area contributed by atoms with E-state index in [0.717, 1.165) is 44.6 Å². The molecule has 1 unspecified atom stereocenters. The number of amides is 1. The van der Waals surface area contributed by atoms with Crippen molar-refractivity contribution in [3.05, 3.63) is 29.8 Å². The summed E-state index contributed by atoms with van der Waals surface area (Å²) >= 11 is 0. The lowest BCUT2D eigenvalue weighted by atomic mass is 9.87. The van der Waals surface area contributed by atoms with Gasteiger partial charge in [0.1, 0.15) is 0 Å². The first-order chi connectivity index (χ1) is 9.21. The Kier molecular flexibility index (Phi) is 3.31. The van der Waals surface area contributed by atoms with E-state index in [9.17, 15) is 4.79 Å². The van der Waals surface area contributed by atoms with Crippen LogP contribution in [0.2, 0.25) is 0 Å². The van der Waals surface area contributed by atoms with Crippen molar-refractivity contribution in [2.75, 3.05) is 24.5 Å². The molecule has 1 atom stereocenters. The van der Waals surface area contributed by atoms with Crippen molar-refractivity contribution in [2.45, 2.75) is 32.6 Å². The lowest BCUT2D eigenvalue weighted by Gasteiger charge is -2.31. The number of benzene rings is 1. The Bertz CT molecular complexity index is 477. The fourth-order valence-electron chi connectivity index (χ4n) is 3.23. The summed E-state index contributed by atoms with van der Waals surface area (Å²) in [5, 5.41) is 3.32. The van der Waals surface area contributed by atoms with Gasteiger partial charge in [-0.15, -0.1) is 0 Å². The van der Waals surface area contributed by atoms with Crippen molar-refractivity contribution < 1.29 is 4.79 Å². The molecule has 0 saturated carbocycles. The Morgan fingerprint density at radius 2 is 2.16 bits per heavy atom. The van der Waals surface area contributed by atoms with Gasteiger partial charge in [0.2, 0.25) is 5.91 Å². The van der Waals surface area contributed by atoms with Crippen LogP contribution in [0.25, 0.3) is 0 Å². The Labute approximate surface area is 115 Å². The molecule has 1 aromatic rings. The molecule has 1 fully saturated rings. The highest BCUT2D eigenvalue weighted by Gasteiger charge is 2.40. The number of para-hydroxylation sites is 1. The molecular formula is C16H22N2O. The molecule has 2 heterocycles. The molecule has 2 aliphatic rings.